The molecule has 2 aliphatic heterocycles. The number of benzene rings is 1. The first-order valence-electron chi connectivity index (χ1n) is 10.1. The Bertz CT molecular complexity index is 760. The third kappa shape index (κ3) is 4.03. The molecule has 3 fully saturated rings. The maximum atomic E-state index is 13.8. The normalized spacial score (nSPS) is 24.6. The van der Waals surface area contributed by atoms with E-state index in [0.717, 1.165) is 31.2 Å². The number of hydrogen-bond donors (Lipinski definition) is 1. The number of nitrogens with zero attached hydrogens (tertiary/aromatic N) is 1. The lowest BCUT2D eigenvalue weighted by Crippen LogP contribution is -2.54. The van der Waals surface area contributed by atoms with E-state index < -0.39 is 5.41 Å². The molecule has 1 aliphatic carbocycles. The highest BCUT2D eigenvalue weighted by atomic mass is 35.5. The van der Waals surface area contributed by atoms with Crippen LogP contribution in [0.25, 0.3) is 0 Å². The molecular formula is C21H26Cl2N2O3. The summed E-state index contributed by atoms with van der Waals surface area (Å²) in [4.78, 5) is 28.2. The van der Waals surface area contributed by atoms with Gasteiger partial charge in [-0.2, -0.15) is 0 Å². The Kier molecular flexibility index (Phi) is 5.86. The molecule has 4 rings (SSSR count). The van der Waals surface area contributed by atoms with Crippen LogP contribution >= 0.6 is 23.2 Å². The van der Waals surface area contributed by atoms with Gasteiger partial charge in [-0.25, -0.2) is 0 Å². The van der Waals surface area contributed by atoms with Crippen LogP contribution < -0.4 is 5.32 Å². The Morgan fingerprint density at radius 3 is 2.57 bits per heavy atom. The van der Waals surface area contributed by atoms with Crippen molar-refractivity contribution in [1.29, 1.82) is 0 Å². The van der Waals surface area contributed by atoms with Gasteiger partial charge in [0, 0.05) is 42.4 Å². The van der Waals surface area contributed by atoms with Crippen molar-refractivity contribution >= 4 is 35.0 Å². The van der Waals surface area contributed by atoms with Gasteiger partial charge in [0.05, 0.1) is 11.3 Å². The first-order chi connectivity index (χ1) is 13.5. The Morgan fingerprint density at radius 2 is 1.89 bits per heavy atom. The number of rotatable bonds is 4. The summed E-state index contributed by atoms with van der Waals surface area (Å²) in [5.74, 6) is 0.0189. The van der Waals surface area contributed by atoms with Crippen molar-refractivity contribution < 1.29 is 14.3 Å². The largest absolute Gasteiger partial charge is 0.381 e. The summed E-state index contributed by atoms with van der Waals surface area (Å²) in [5.41, 5.74) is 0.103. The maximum absolute atomic E-state index is 13.8. The molecule has 0 radical (unpaired) electrons. The van der Waals surface area contributed by atoms with E-state index >= 15 is 0 Å². The summed E-state index contributed by atoms with van der Waals surface area (Å²) < 4.78 is 5.55. The molecule has 2 amide bonds. The van der Waals surface area contributed by atoms with Crippen LogP contribution in [0.4, 0.5) is 0 Å². The molecule has 152 valence electrons. The summed E-state index contributed by atoms with van der Waals surface area (Å²) in [7, 11) is 0. The van der Waals surface area contributed by atoms with E-state index in [1.807, 2.05) is 11.0 Å². The van der Waals surface area contributed by atoms with Gasteiger partial charge >= 0.3 is 0 Å². The molecule has 1 N–H and O–H groups in total. The Morgan fingerprint density at radius 1 is 1.14 bits per heavy atom. The molecule has 1 aromatic rings. The standard InChI is InChI=1S/C21H26Cl2N2O3/c22-15-3-6-17(18(23)12-15)21(7-10-28-11-8-21)20(27)25-9-1-2-14(13-25)19(26)24-16-4-5-16/h3,6,12,14,16H,1-2,4-5,7-11,13H2,(H,24,26). The zero-order valence-electron chi connectivity index (χ0n) is 15.9. The van der Waals surface area contributed by atoms with E-state index in [1.54, 1.807) is 12.1 Å². The molecule has 7 heteroatoms. The van der Waals surface area contributed by atoms with Gasteiger partial charge in [0.25, 0.3) is 0 Å². The van der Waals surface area contributed by atoms with Crippen LogP contribution in [-0.4, -0.2) is 49.1 Å². The van der Waals surface area contributed by atoms with Gasteiger partial charge in [-0.3, -0.25) is 9.59 Å². The quantitative estimate of drug-likeness (QED) is 0.803. The third-order valence-electron chi connectivity index (χ3n) is 6.21. The van der Waals surface area contributed by atoms with Crippen molar-refractivity contribution in [3.05, 3.63) is 33.8 Å². The fraction of sp³-hybridized carbons (Fsp3) is 0.619. The van der Waals surface area contributed by atoms with Crippen molar-refractivity contribution in [2.75, 3.05) is 26.3 Å². The van der Waals surface area contributed by atoms with Gasteiger partial charge in [-0.1, -0.05) is 29.3 Å². The molecule has 5 nitrogen and oxygen atoms in total. The second kappa shape index (κ2) is 8.21. The number of ether oxygens (including phenoxy) is 1. The molecule has 1 unspecified atom stereocenters. The average Bonchev–Trinajstić information content (AvgIpc) is 3.52. The number of hydrogen-bond acceptors (Lipinski definition) is 3. The number of carbonyl (C=O) groups is 2. The highest BCUT2D eigenvalue weighted by Crippen LogP contribution is 2.41. The fourth-order valence-electron chi connectivity index (χ4n) is 4.42. The number of amides is 2. The minimum atomic E-state index is -0.714. The first-order valence-corrected chi connectivity index (χ1v) is 10.9. The summed E-state index contributed by atoms with van der Waals surface area (Å²) in [6, 6.07) is 5.70. The molecule has 0 spiro atoms. The summed E-state index contributed by atoms with van der Waals surface area (Å²) in [6.45, 7) is 2.19. The van der Waals surface area contributed by atoms with Gasteiger partial charge in [0.15, 0.2) is 0 Å². The molecule has 2 heterocycles. The molecular weight excluding hydrogens is 399 g/mol. The van der Waals surface area contributed by atoms with Crippen LogP contribution in [0.3, 0.4) is 0 Å². The van der Waals surface area contributed by atoms with Crippen molar-refractivity contribution in [2.45, 2.75) is 50.0 Å². The lowest BCUT2D eigenvalue weighted by atomic mass is 9.72. The average molecular weight is 425 g/mol. The van der Waals surface area contributed by atoms with E-state index in [4.69, 9.17) is 27.9 Å². The predicted molar refractivity (Wildman–Crippen MR) is 109 cm³/mol. The Hall–Kier alpha value is -1.30. The monoisotopic (exact) mass is 424 g/mol. The molecule has 1 saturated carbocycles. The van der Waals surface area contributed by atoms with Crippen molar-refractivity contribution in [1.82, 2.24) is 10.2 Å². The fourth-order valence-corrected chi connectivity index (χ4v) is 5.01. The van der Waals surface area contributed by atoms with Gasteiger partial charge in [-0.15, -0.1) is 0 Å². The smallest absolute Gasteiger partial charge is 0.233 e. The zero-order valence-corrected chi connectivity index (χ0v) is 17.4. The van der Waals surface area contributed by atoms with Gasteiger partial charge in [0.1, 0.15) is 0 Å². The SMILES string of the molecule is O=C(NC1CC1)C1CCCN(C(=O)C2(c3ccc(Cl)cc3Cl)CCOCC2)C1. The van der Waals surface area contributed by atoms with Crippen LogP contribution in [0.2, 0.25) is 10.0 Å². The minimum Gasteiger partial charge on any atom is -0.381 e. The van der Waals surface area contributed by atoms with Crippen LogP contribution in [-0.2, 0) is 19.7 Å². The molecule has 2 saturated heterocycles. The third-order valence-corrected chi connectivity index (χ3v) is 6.75. The second-order valence-electron chi connectivity index (χ2n) is 8.19. The summed E-state index contributed by atoms with van der Waals surface area (Å²) in [5, 5.41) is 4.16. The second-order valence-corrected chi connectivity index (χ2v) is 9.04. The van der Waals surface area contributed by atoms with E-state index in [0.29, 0.717) is 55.2 Å². The number of carbonyl (C=O) groups excluding carboxylic acids is 2. The summed E-state index contributed by atoms with van der Waals surface area (Å²) in [6.07, 6.45) is 4.99. The van der Waals surface area contributed by atoms with Crippen LogP contribution in [0.1, 0.15) is 44.1 Å². The number of piperidine rings is 1. The van der Waals surface area contributed by atoms with Crippen LogP contribution in [0.15, 0.2) is 18.2 Å². The summed E-state index contributed by atoms with van der Waals surface area (Å²) >= 11 is 12.6. The molecule has 0 aromatic heterocycles. The maximum Gasteiger partial charge on any atom is 0.233 e. The predicted octanol–water partition coefficient (Wildman–Crippen LogP) is 3.56. The van der Waals surface area contributed by atoms with E-state index in [-0.39, 0.29) is 17.7 Å². The van der Waals surface area contributed by atoms with Gasteiger partial charge in [0.2, 0.25) is 11.8 Å². The van der Waals surface area contributed by atoms with Gasteiger partial charge in [-0.05, 0) is 56.2 Å². The molecule has 3 aliphatic rings. The highest BCUT2D eigenvalue weighted by molar-refractivity contribution is 6.35. The Balaban J connectivity index is 1.57. The number of likely N-dealkylation sites (tertiary alicyclic amines) is 1. The first kappa shape index (κ1) is 20.0. The van der Waals surface area contributed by atoms with Crippen molar-refractivity contribution in [3.63, 3.8) is 0 Å². The Labute approximate surface area is 175 Å². The van der Waals surface area contributed by atoms with Gasteiger partial charge < -0.3 is 15.0 Å². The van der Waals surface area contributed by atoms with E-state index in [9.17, 15) is 9.59 Å². The lowest BCUT2D eigenvalue weighted by molar-refractivity contribution is -0.144. The van der Waals surface area contributed by atoms with E-state index in [1.165, 1.54) is 0 Å². The minimum absolute atomic E-state index is 0.0592. The van der Waals surface area contributed by atoms with Crippen LogP contribution in [0, 0.1) is 5.92 Å². The molecule has 28 heavy (non-hydrogen) atoms. The number of nitrogens with one attached hydrogen (secondary N) is 1. The number of halogens is 2. The molecule has 0 bridgehead atoms. The highest BCUT2D eigenvalue weighted by Gasteiger charge is 2.46. The van der Waals surface area contributed by atoms with E-state index in [2.05, 4.69) is 5.32 Å². The van der Waals surface area contributed by atoms with Crippen molar-refractivity contribution in [2.24, 2.45) is 5.92 Å². The van der Waals surface area contributed by atoms with Crippen molar-refractivity contribution in [3.8, 4) is 0 Å². The molecule has 1 aromatic carbocycles. The lowest BCUT2D eigenvalue weighted by Gasteiger charge is -2.43. The zero-order chi connectivity index (χ0) is 19.7. The molecule has 1 atom stereocenters. The van der Waals surface area contributed by atoms with Crippen LogP contribution in [0.5, 0.6) is 0 Å². The topological polar surface area (TPSA) is 58.6 Å².